The van der Waals surface area contributed by atoms with E-state index in [1.165, 1.54) is 11.5 Å². The third kappa shape index (κ3) is 6.62. The van der Waals surface area contributed by atoms with Crippen molar-refractivity contribution in [3.05, 3.63) is 41.0 Å². The van der Waals surface area contributed by atoms with E-state index >= 15 is 0 Å². The molecule has 1 aromatic heterocycles. The fourth-order valence-electron chi connectivity index (χ4n) is 3.16. The number of rotatable bonds is 11. The van der Waals surface area contributed by atoms with Gasteiger partial charge in [0.2, 0.25) is 5.91 Å². The lowest BCUT2D eigenvalue weighted by Crippen LogP contribution is -2.25. The Kier molecular flexibility index (Phi) is 9.55. The number of carbonyl (C=O) groups is 1. The molecule has 0 spiro atoms. The molecule has 1 amide bonds. The average Bonchev–Trinajstić information content (AvgIpc) is 3.14. The molecule has 2 aromatic rings. The van der Waals surface area contributed by atoms with Crippen molar-refractivity contribution >= 4 is 40.6 Å². The summed E-state index contributed by atoms with van der Waals surface area (Å²) in [5.41, 5.74) is 1.88. The number of nitrogens with zero attached hydrogens (tertiary/aromatic N) is 8. The molecule has 1 aromatic carbocycles. The smallest absolute Gasteiger partial charge is 0.373 e. The van der Waals surface area contributed by atoms with Gasteiger partial charge in [-0.2, -0.15) is 5.26 Å². The highest BCUT2D eigenvalue weighted by Gasteiger charge is 2.22. The Morgan fingerprint density at radius 1 is 1.21 bits per heavy atom. The molecular weight excluding hydrogens is 418 g/mol. The van der Waals surface area contributed by atoms with Gasteiger partial charge in [0.05, 0.1) is 5.69 Å². The second-order valence-electron chi connectivity index (χ2n) is 7.30. The van der Waals surface area contributed by atoms with Crippen LogP contribution in [0.5, 0.6) is 0 Å². The molecule has 33 heavy (non-hydrogen) atoms. The molecule has 0 saturated heterocycles. The van der Waals surface area contributed by atoms with Crippen molar-refractivity contribution in [2.24, 2.45) is 10.2 Å². The van der Waals surface area contributed by atoms with Crippen LogP contribution in [0.15, 0.2) is 28.4 Å². The summed E-state index contributed by atoms with van der Waals surface area (Å²) in [6.07, 6.45) is 4.30. The van der Waals surface area contributed by atoms with Gasteiger partial charge in [-0.05, 0) is 31.0 Å². The Bertz CT molecular complexity index is 1120. The molecule has 0 aliphatic carbocycles. The van der Waals surface area contributed by atoms with Gasteiger partial charge in [0.1, 0.15) is 11.8 Å². The van der Waals surface area contributed by atoms with E-state index in [1.54, 1.807) is 6.07 Å². The van der Waals surface area contributed by atoms with Crippen LogP contribution in [-0.2, 0) is 11.3 Å². The highest BCUT2D eigenvalue weighted by Crippen LogP contribution is 2.35. The van der Waals surface area contributed by atoms with Crippen molar-refractivity contribution in [1.82, 2.24) is 9.55 Å². The van der Waals surface area contributed by atoms with Crippen LogP contribution in [0.3, 0.4) is 0 Å². The fourth-order valence-corrected chi connectivity index (χ4v) is 3.16. The first-order valence-corrected chi connectivity index (χ1v) is 10.8. The number of hydrogen-bond donors (Lipinski definition) is 1. The number of anilines is 2. The van der Waals surface area contributed by atoms with Crippen molar-refractivity contribution in [2.45, 2.75) is 53.0 Å². The van der Waals surface area contributed by atoms with E-state index in [9.17, 15) is 4.79 Å². The van der Waals surface area contributed by atoms with Gasteiger partial charge in [0, 0.05) is 25.7 Å². The zero-order chi connectivity index (χ0) is 24.2. The Morgan fingerprint density at radius 2 is 1.91 bits per heavy atom. The molecule has 0 radical (unpaired) electrons. The maximum Gasteiger partial charge on any atom is 0.417 e. The van der Waals surface area contributed by atoms with Crippen LogP contribution < -0.4 is 10.2 Å². The molecule has 0 aliphatic heterocycles. The molecule has 0 unspecified atom stereocenters. The number of carbonyl (C=O) groups excluding carboxylic acids is 1. The Labute approximate surface area is 194 Å². The third-order valence-corrected chi connectivity index (χ3v) is 4.81. The third-order valence-electron chi connectivity index (χ3n) is 4.81. The van der Waals surface area contributed by atoms with Crippen LogP contribution in [0.1, 0.15) is 46.5 Å². The largest absolute Gasteiger partial charge is 0.417 e. The van der Waals surface area contributed by atoms with Crippen LogP contribution in [-0.4, -0.2) is 28.5 Å². The van der Waals surface area contributed by atoms with E-state index in [1.807, 2.05) is 18.2 Å². The first kappa shape index (κ1) is 25.0. The molecule has 0 aliphatic rings. The molecular formula is C23H27N9O. The summed E-state index contributed by atoms with van der Waals surface area (Å²) in [4.78, 5) is 24.7. The maximum atomic E-state index is 11.8. The SMILES string of the molecule is [C-]#[N+]c1nc(N=Nc2ccc(N(CCCC)CCCC)cc2NC(C)=O)n(CC#N)c1[N+]#[C-]. The van der Waals surface area contributed by atoms with Crippen molar-refractivity contribution in [3.8, 4) is 6.07 Å². The quantitative estimate of drug-likeness (QED) is 0.324. The first-order chi connectivity index (χ1) is 16.0. The number of imidazole rings is 1. The van der Waals surface area contributed by atoms with Crippen LogP contribution in [0.2, 0.25) is 0 Å². The second kappa shape index (κ2) is 12.6. The monoisotopic (exact) mass is 445 g/mol. The summed E-state index contributed by atoms with van der Waals surface area (Å²) < 4.78 is 1.24. The molecule has 0 fully saturated rings. The zero-order valence-corrected chi connectivity index (χ0v) is 19.2. The normalized spacial score (nSPS) is 10.4. The standard InChI is InChI=1S/C23H27N9O/c1-6-8-13-31(14-9-7-2)18-10-11-19(20(16-18)27-17(3)33)29-30-23-28-21(25-4)22(26-5)32(23)15-12-24/h10-11,16H,6-9,13-15H2,1-3H3,(H,27,33). The van der Waals surface area contributed by atoms with Crippen LogP contribution in [0.25, 0.3) is 9.69 Å². The summed E-state index contributed by atoms with van der Waals surface area (Å²) >= 11 is 0. The molecule has 10 nitrogen and oxygen atoms in total. The minimum atomic E-state index is -0.242. The lowest BCUT2D eigenvalue weighted by atomic mass is 10.2. The Hall–Kier alpha value is -4.23. The van der Waals surface area contributed by atoms with E-state index in [4.69, 9.17) is 18.4 Å². The van der Waals surface area contributed by atoms with Gasteiger partial charge in [0.25, 0.3) is 11.6 Å². The lowest BCUT2D eigenvalue weighted by molar-refractivity contribution is -0.114. The molecule has 2 rings (SSSR count). The molecule has 1 heterocycles. The summed E-state index contributed by atoms with van der Waals surface area (Å²) in [6.45, 7) is 21.8. The topological polar surface area (TPSA) is 107 Å². The number of nitriles is 1. The van der Waals surface area contributed by atoms with Gasteiger partial charge in [-0.25, -0.2) is 4.57 Å². The van der Waals surface area contributed by atoms with Gasteiger partial charge in [-0.3, -0.25) is 4.79 Å². The lowest BCUT2D eigenvalue weighted by Gasteiger charge is -2.25. The molecule has 10 heteroatoms. The van der Waals surface area contributed by atoms with Crippen LogP contribution >= 0.6 is 0 Å². The minimum Gasteiger partial charge on any atom is -0.373 e. The van der Waals surface area contributed by atoms with Gasteiger partial charge in [0.15, 0.2) is 6.54 Å². The van der Waals surface area contributed by atoms with Crippen molar-refractivity contribution in [2.75, 3.05) is 23.3 Å². The summed E-state index contributed by atoms with van der Waals surface area (Å²) in [5, 5.41) is 20.2. The van der Waals surface area contributed by atoms with Gasteiger partial charge < -0.3 is 19.9 Å². The predicted octanol–water partition coefficient (Wildman–Crippen LogP) is 6.29. The highest BCUT2D eigenvalue weighted by atomic mass is 16.1. The number of benzene rings is 1. The van der Waals surface area contributed by atoms with Crippen molar-refractivity contribution in [3.63, 3.8) is 0 Å². The molecule has 170 valence electrons. The van der Waals surface area contributed by atoms with Gasteiger partial charge in [-0.1, -0.05) is 49.9 Å². The summed E-state index contributed by atoms with van der Waals surface area (Å²) in [6, 6.07) is 7.51. The number of azo groups is 1. The Balaban J connectivity index is 2.46. The minimum absolute atomic E-state index is 0.0149. The Morgan fingerprint density at radius 3 is 2.45 bits per heavy atom. The predicted molar refractivity (Wildman–Crippen MR) is 127 cm³/mol. The summed E-state index contributed by atoms with van der Waals surface area (Å²) in [5.74, 6) is -0.442. The number of amides is 1. The number of unbranched alkanes of at least 4 members (excludes halogenated alkanes) is 2. The zero-order valence-electron chi connectivity index (χ0n) is 19.2. The fraction of sp³-hybridized carbons (Fsp3) is 0.435. The molecule has 1 N–H and O–H groups in total. The summed E-state index contributed by atoms with van der Waals surface area (Å²) in [7, 11) is 0. The second-order valence-corrected chi connectivity index (χ2v) is 7.30. The average molecular weight is 446 g/mol. The van der Waals surface area contributed by atoms with Crippen LogP contribution in [0, 0.1) is 24.5 Å². The number of aromatic nitrogens is 2. The number of hydrogen-bond acceptors (Lipinski definition) is 6. The van der Waals surface area contributed by atoms with Gasteiger partial charge in [-0.15, -0.1) is 5.11 Å². The van der Waals surface area contributed by atoms with E-state index in [-0.39, 0.29) is 30.0 Å². The molecule has 0 atom stereocenters. The van der Waals surface area contributed by atoms with Crippen LogP contribution in [0.4, 0.5) is 34.6 Å². The number of nitrogens with one attached hydrogen (secondary N) is 1. The van der Waals surface area contributed by atoms with Gasteiger partial charge >= 0.3 is 5.95 Å². The van der Waals surface area contributed by atoms with Crippen molar-refractivity contribution in [1.29, 1.82) is 5.26 Å². The van der Waals surface area contributed by atoms with E-state index in [2.05, 4.69) is 49.0 Å². The maximum absolute atomic E-state index is 11.8. The molecule has 0 bridgehead atoms. The molecule has 0 saturated carbocycles. The van der Waals surface area contributed by atoms with E-state index in [0.717, 1.165) is 44.5 Å². The highest BCUT2D eigenvalue weighted by molar-refractivity contribution is 5.93. The first-order valence-electron chi connectivity index (χ1n) is 10.8. The van der Waals surface area contributed by atoms with E-state index in [0.29, 0.717) is 11.4 Å². The van der Waals surface area contributed by atoms with E-state index < -0.39 is 0 Å². The van der Waals surface area contributed by atoms with Crippen molar-refractivity contribution < 1.29 is 4.79 Å².